The molecule has 2 aromatic rings. The van der Waals surface area contributed by atoms with Gasteiger partial charge in [0.1, 0.15) is 17.6 Å². The van der Waals surface area contributed by atoms with E-state index in [2.05, 4.69) is 36.0 Å². The third kappa shape index (κ3) is 2.45. The van der Waals surface area contributed by atoms with Crippen LogP contribution in [0.2, 0.25) is 0 Å². The number of benzene rings is 1. The molecule has 0 spiro atoms. The minimum absolute atomic E-state index is 0.396. The Bertz CT molecular complexity index is 635. The maximum atomic E-state index is 9.13. The number of nitriles is 1. The number of aromatic nitrogens is 2. The smallest absolute Gasteiger partial charge is 0.166 e. The van der Waals surface area contributed by atoms with Gasteiger partial charge >= 0.3 is 0 Å². The highest BCUT2D eigenvalue weighted by Gasteiger charge is 2.15. The summed E-state index contributed by atoms with van der Waals surface area (Å²) in [6, 6.07) is 8.15. The molecule has 1 N–H and O–H groups in total. The summed E-state index contributed by atoms with van der Waals surface area (Å²) in [4.78, 5) is 7.29. The summed E-state index contributed by atoms with van der Waals surface area (Å²) in [5.41, 5.74) is 3.18. The fourth-order valence-corrected chi connectivity index (χ4v) is 2.04. The number of methoxy groups -OCH3 is 1. The first-order chi connectivity index (χ1) is 9.06. The van der Waals surface area contributed by atoms with Crippen LogP contribution in [0.4, 0.5) is 0 Å². The number of hydrogen-bond donors (Lipinski definition) is 1. The summed E-state index contributed by atoms with van der Waals surface area (Å²) >= 11 is 0. The van der Waals surface area contributed by atoms with Crippen molar-refractivity contribution in [1.29, 1.82) is 5.26 Å². The Morgan fingerprint density at radius 1 is 1.37 bits per heavy atom. The Hall–Kier alpha value is -2.28. The molecule has 19 heavy (non-hydrogen) atoms. The number of aryl methyl sites for hydroxylation is 1. The Morgan fingerprint density at radius 3 is 2.68 bits per heavy atom. The van der Waals surface area contributed by atoms with Crippen LogP contribution in [0.3, 0.4) is 0 Å². The second kappa shape index (κ2) is 5.15. The van der Waals surface area contributed by atoms with E-state index in [0.717, 1.165) is 17.1 Å². The van der Waals surface area contributed by atoms with Crippen LogP contribution >= 0.6 is 0 Å². The third-order valence-electron chi connectivity index (χ3n) is 3.09. The van der Waals surface area contributed by atoms with Gasteiger partial charge in [0.05, 0.1) is 12.8 Å². The molecule has 4 heteroatoms. The van der Waals surface area contributed by atoms with Gasteiger partial charge in [-0.2, -0.15) is 5.26 Å². The monoisotopic (exact) mass is 255 g/mol. The standard InChI is InChI=1S/C15H17N3O/c1-9(2)11-5-6-12(14(7-11)19-4)15-13(8-16)17-10(3)18-15/h5-7,9H,1-4H3,(H,17,18). The molecule has 0 fully saturated rings. The zero-order valence-corrected chi connectivity index (χ0v) is 11.6. The molecule has 1 aromatic carbocycles. The molecule has 0 radical (unpaired) electrons. The first-order valence-corrected chi connectivity index (χ1v) is 6.21. The van der Waals surface area contributed by atoms with E-state index < -0.39 is 0 Å². The zero-order chi connectivity index (χ0) is 14.0. The molecule has 0 saturated carbocycles. The van der Waals surface area contributed by atoms with Crippen LogP contribution in [0.5, 0.6) is 5.75 Å². The number of nitrogens with one attached hydrogen (secondary N) is 1. The summed E-state index contributed by atoms with van der Waals surface area (Å²) in [6.45, 7) is 6.10. The van der Waals surface area contributed by atoms with Crippen LogP contribution in [-0.2, 0) is 0 Å². The lowest BCUT2D eigenvalue weighted by molar-refractivity contribution is 0.415. The minimum atomic E-state index is 0.396. The summed E-state index contributed by atoms with van der Waals surface area (Å²) in [5.74, 6) is 1.91. The number of rotatable bonds is 3. The Kier molecular flexibility index (Phi) is 3.57. The van der Waals surface area contributed by atoms with Gasteiger partial charge in [0.2, 0.25) is 0 Å². The Morgan fingerprint density at radius 2 is 2.11 bits per heavy atom. The van der Waals surface area contributed by atoms with Crippen LogP contribution in [0.25, 0.3) is 11.3 Å². The van der Waals surface area contributed by atoms with Crippen molar-refractivity contribution in [2.45, 2.75) is 26.7 Å². The molecule has 0 aliphatic carbocycles. The SMILES string of the molecule is COc1cc(C(C)C)ccc1-c1[nH]c(C)nc1C#N. The number of aromatic amines is 1. The highest BCUT2D eigenvalue weighted by Crippen LogP contribution is 2.33. The van der Waals surface area contributed by atoms with Gasteiger partial charge in [0.25, 0.3) is 0 Å². The van der Waals surface area contributed by atoms with E-state index in [1.165, 1.54) is 5.56 Å². The molecular weight excluding hydrogens is 238 g/mol. The molecular formula is C15H17N3O. The first kappa shape index (κ1) is 13.2. The molecule has 1 aromatic heterocycles. The second-order valence-electron chi connectivity index (χ2n) is 4.77. The lowest BCUT2D eigenvalue weighted by atomic mass is 9.99. The number of H-pyrrole nitrogens is 1. The topological polar surface area (TPSA) is 61.7 Å². The Labute approximate surface area is 113 Å². The molecule has 1 heterocycles. The van der Waals surface area contributed by atoms with Gasteiger partial charge < -0.3 is 9.72 Å². The van der Waals surface area contributed by atoms with Crippen molar-refractivity contribution in [2.75, 3.05) is 7.11 Å². The van der Waals surface area contributed by atoms with E-state index in [9.17, 15) is 0 Å². The van der Waals surface area contributed by atoms with Crippen molar-refractivity contribution in [1.82, 2.24) is 9.97 Å². The maximum absolute atomic E-state index is 9.13. The third-order valence-corrected chi connectivity index (χ3v) is 3.09. The van der Waals surface area contributed by atoms with Crippen molar-refractivity contribution in [3.8, 4) is 23.1 Å². The van der Waals surface area contributed by atoms with Crippen LogP contribution in [0, 0.1) is 18.3 Å². The zero-order valence-electron chi connectivity index (χ0n) is 11.6. The predicted molar refractivity (Wildman–Crippen MR) is 74.1 cm³/mol. The second-order valence-corrected chi connectivity index (χ2v) is 4.77. The lowest BCUT2D eigenvalue weighted by Gasteiger charge is -2.11. The van der Waals surface area contributed by atoms with Crippen molar-refractivity contribution >= 4 is 0 Å². The van der Waals surface area contributed by atoms with E-state index >= 15 is 0 Å². The van der Waals surface area contributed by atoms with Crippen molar-refractivity contribution in [3.05, 3.63) is 35.3 Å². The number of nitrogens with zero attached hydrogens (tertiary/aromatic N) is 2. The molecule has 2 rings (SSSR count). The number of ether oxygens (including phenoxy) is 1. The molecule has 0 bridgehead atoms. The van der Waals surface area contributed by atoms with E-state index in [4.69, 9.17) is 10.00 Å². The van der Waals surface area contributed by atoms with Crippen LogP contribution in [-0.4, -0.2) is 17.1 Å². The highest BCUT2D eigenvalue weighted by molar-refractivity contribution is 5.72. The number of hydrogen-bond acceptors (Lipinski definition) is 3. The van der Waals surface area contributed by atoms with Gasteiger partial charge in [0, 0.05) is 5.56 Å². The summed E-state index contributed by atoms with van der Waals surface area (Å²) in [7, 11) is 1.64. The molecule has 0 unspecified atom stereocenters. The molecule has 0 amide bonds. The van der Waals surface area contributed by atoms with Crippen LogP contribution in [0.15, 0.2) is 18.2 Å². The summed E-state index contributed by atoms with van der Waals surface area (Å²) < 4.78 is 5.44. The van der Waals surface area contributed by atoms with Gasteiger partial charge in [-0.1, -0.05) is 19.9 Å². The van der Waals surface area contributed by atoms with Gasteiger partial charge in [-0.3, -0.25) is 0 Å². The molecule has 0 aliphatic rings. The lowest BCUT2D eigenvalue weighted by Crippen LogP contribution is -1.94. The van der Waals surface area contributed by atoms with Crippen LogP contribution in [0.1, 0.15) is 36.8 Å². The van der Waals surface area contributed by atoms with Crippen molar-refractivity contribution in [3.63, 3.8) is 0 Å². The molecule has 0 aliphatic heterocycles. The van der Waals surface area contributed by atoms with Gasteiger partial charge in [0.15, 0.2) is 5.69 Å². The average molecular weight is 255 g/mol. The molecule has 98 valence electrons. The predicted octanol–water partition coefficient (Wildman–Crippen LogP) is 3.39. The summed E-state index contributed by atoms with van der Waals surface area (Å²) in [6.07, 6.45) is 0. The van der Waals surface area contributed by atoms with Gasteiger partial charge in [-0.05, 0) is 30.5 Å². The van der Waals surface area contributed by atoms with E-state index in [-0.39, 0.29) is 0 Å². The fraction of sp³-hybridized carbons (Fsp3) is 0.333. The molecule has 0 atom stereocenters. The minimum Gasteiger partial charge on any atom is -0.496 e. The fourth-order valence-electron chi connectivity index (χ4n) is 2.04. The largest absolute Gasteiger partial charge is 0.496 e. The van der Waals surface area contributed by atoms with Crippen LogP contribution < -0.4 is 4.74 Å². The van der Waals surface area contributed by atoms with E-state index in [1.54, 1.807) is 7.11 Å². The van der Waals surface area contributed by atoms with Crippen molar-refractivity contribution in [2.24, 2.45) is 0 Å². The van der Waals surface area contributed by atoms with E-state index in [0.29, 0.717) is 17.3 Å². The van der Waals surface area contributed by atoms with E-state index in [1.807, 2.05) is 19.1 Å². The Balaban J connectivity index is 2.59. The average Bonchev–Trinajstić information content (AvgIpc) is 2.78. The highest BCUT2D eigenvalue weighted by atomic mass is 16.5. The molecule has 0 saturated heterocycles. The number of imidazole rings is 1. The van der Waals surface area contributed by atoms with Gasteiger partial charge in [-0.15, -0.1) is 0 Å². The maximum Gasteiger partial charge on any atom is 0.166 e. The quantitative estimate of drug-likeness (QED) is 0.914. The summed E-state index contributed by atoms with van der Waals surface area (Å²) in [5, 5.41) is 9.13. The molecule has 4 nitrogen and oxygen atoms in total. The van der Waals surface area contributed by atoms with Crippen molar-refractivity contribution < 1.29 is 4.74 Å². The normalized spacial score (nSPS) is 10.5. The van der Waals surface area contributed by atoms with Gasteiger partial charge in [-0.25, -0.2) is 4.98 Å². The first-order valence-electron chi connectivity index (χ1n) is 6.21.